The van der Waals surface area contributed by atoms with Crippen molar-refractivity contribution >= 4 is 29.0 Å². The molecule has 178 valence electrons. The molecule has 1 amide bonds. The Balaban J connectivity index is 1.46. The number of morpholine rings is 1. The van der Waals surface area contributed by atoms with Crippen molar-refractivity contribution in [1.82, 2.24) is 9.88 Å². The summed E-state index contributed by atoms with van der Waals surface area (Å²) in [5.74, 6) is 0.318. The van der Waals surface area contributed by atoms with Crippen LogP contribution in [0.3, 0.4) is 0 Å². The van der Waals surface area contributed by atoms with Gasteiger partial charge in [0.1, 0.15) is 11.6 Å². The molecule has 2 heterocycles. The first-order valence-electron chi connectivity index (χ1n) is 11.3. The topological polar surface area (TPSA) is 48.9 Å². The second-order valence-corrected chi connectivity index (χ2v) is 8.71. The van der Waals surface area contributed by atoms with Gasteiger partial charge in [0.25, 0.3) is 5.91 Å². The molecule has 0 atom stereocenters. The smallest absolute Gasteiger partial charge is 0.258 e. The van der Waals surface area contributed by atoms with E-state index >= 15 is 0 Å². The lowest BCUT2D eigenvalue weighted by atomic mass is 10.1. The van der Waals surface area contributed by atoms with E-state index in [0.29, 0.717) is 22.8 Å². The number of halogens is 2. The predicted octanol–water partition coefficient (Wildman–Crippen LogP) is 4.49. The first-order valence-corrected chi connectivity index (χ1v) is 11.7. The zero-order chi connectivity index (χ0) is 23.9. The first-order chi connectivity index (χ1) is 16.5. The summed E-state index contributed by atoms with van der Waals surface area (Å²) in [7, 11) is 2.03. The first kappa shape index (κ1) is 24.1. The molecule has 6 nitrogen and oxygen atoms in total. The van der Waals surface area contributed by atoms with Crippen molar-refractivity contribution in [2.24, 2.45) is 0 Å². The number of nitrogens with zero attached hydrogens (tertiary/aromatic N) is 4. The summed E-state index contributed by atoms with van der Waals surface area (Å²) in [6.45, 7) is 5.62. The molecular formula is C26H28ClFN4O2. The van der Waals surface area contributed by atoms with Crippen molar-refractivity contribution in [2.75, 3.05) is 56.2 Å². The minimum atomic E-state index is -0.353. The number of carbonyl (C=O) groups excluding carboxylic acids is 1. The molecule has 1 fully saturated rings. The monoisotopic (exact) mass is 482 g/mol. The van der Waals surface area contributed by atoms with E-state index in [0.717, 1.165) is 50.8 Å². The molecule has 0 spiro atoms. The van der Waals surface area contributed by atoms with Crippen LogP contribution in [-0.2, 0) is 11.3 Å². The predicted molar refractivity (Wildman–Crippen MR) is 133 cm³/mol. The van der Waals surface area contributed by atoms with Gasteiger partial charge in [0.2, 0.25) is 0 Å². The summed E-state index contributed by atoms with van der Waals surface area (Å²) in [5, 5.41) is 0.558. The molecule has 0 radical (unpaired) electrons. The third kappa shape index (κ3) is 6.32. The quantitative estimate of drug-likeness (QED) is 0.473. The molecule has 0 saturated carbocycles. The van der Waals surface area contributed by atoms with E-state index in [1.54, 1.807) is 47.5 Å². The lowest BCUT2D eigenvalue weighted by Gasteiger charge is -2.29. The molecule has 0 aliphatic carbocycles. The second-order valence-electron chi connectivity index (χ2n) is 8.27. The number of rotatable bonds is 8. The van der Waals surface area contributed by atoms with Crippen molar-refractivity contribution in [3.63, 3.8) is 0 Å². The van der Waals surface area contributed by atoms with Crippen LogP contribution in [0.2, 0.25) is 5.02 Å². The molecule has 2 aromatic carbocycles. The summed E-state index contributed by atoms with van der Waals surface area (Å²) < 4.78 is 18.9. The van der Waals surface area contributed by atoms with Crippen molar-refractivity contribution in [3.05, 3.63) is 88.8 Å². The highest BCUT2D eigenvalue weighted by Crippen LogP contribution is 2.22. The molecule has 0 unspecified atom stereocenters. The SMILES string of the molecule is CN(CCN1CCOCC1)c1ccc(CN(C(=O)c2ccc(Cl)cc2)c2ccc(F)cc2)cn1. The Morgan fingerprint density at radius 3 is 2.41 bits per heavy atom. The van der Waals surface area contributed by atoms with Gasteiger partial charge in [0, 0.05) is 55.7 Å². The molecular weight excluding hydrogens is 455 g/mol. The fraction of sp³-hybridized carbons (Fsp3) is 0.308. The fourth-order valence-corrected chi connectivity index (χ4v) is 3.93. The van der Waals surface area contributed by atoms with Gasteiger partial charge in [-0.1, -0.05) is 17.7 Å². The Morgan fingerprint density at radius 1 is 1.06 bits per heavy atom. The third-order valence-electron chi connectivity index (χ3n) is 5.87. The van der Waals surface area contributed by atoms with Gasteiger partial charge >= 0.3 is 0 Å². The van der Waals surface area contributed by atoms with Gasteiger partial charge in [-0.25, -0.2) is 9.37 Å². The number of amides is 1. The van der Waals surface area contributed by atoms with E-state index < -0.39 is 0 Å². The molecule has 0 N–H and O–H groups in total. The highest BCUT2D eigenvalue weighted by Gasteiger charge is 2.19. The van der Waals surface area contributed by atoms with Crippen LogP contribution in [0.1, 0.15) is 15.9 Å². The number of anilines is 2. The largest absolute Gasteiger partial charge is 0.379 e. The summed E-state index contributed by atoms with van der Waals surface area (Å²) >= 11 is 5.98. The minimum Gasteiger partial charge on any atom is -0.379 e. The maximum atomic E-state index is 13.5. The summed E-state index contributed by atoms with van der Waals surface area (Å²) in [6, 6.07) is 16.6. The molecule has 34 heavy (non-hydrogen) atoms. The Labute approximate surface area is 204 Å². The van der Waals surface area contributed by atoms with Crippen LogP contribution in [-0.4, -0.2) is 62.2 Å². The van der Waals surface area contributed by atoms with Crippen molar-refractivity contribution in [1.29, 1.82) is 0 Å². The Kier molecular flexibility index (Phi) is 8.11. The zero-order valence-corrected chi connectivity index (χ0v) is 19.9. The Morgan fingerprint density at radius 2 is 1.76 bits per heavy atom. The van der Waals surface area contributed by atoms with Gasteiger partial charge in [-0.2, -0.15) is 0 Å². The van der Waals surface area contributed by atoms with Gasteiger partial charge < -0.3 is 14.5 Å². The number of hydrogen-bond acceptors (Lipinski definition) is 5. The van der Waals surface area contributed by atoms with E-state index in [4.69, 9.17) is 16.3 Å². The molecule has 8 heteroatoms. The van der Waals surface area contributed by atoms with Gasteiger partial charge in [-0.15, -0.1) is 0 Å². The van der Waals surface area contributed by atoms with Crippen LogP contribution in [0.5, 0.6) is 0 Å². The summed E-state index contributed by atoms with van der Waals surface area (Å²) in [5.41, 5.74) is 1.98. The number of pyridine rings is 1. The van der Waals surface area contributed by atoms with E-state index in [9.17, 15) is 9.18 Å². The summed E-state index contributed by atoms with van der Waals surface area (Å²) in [4.78, 5) is 24.0. The zero-order valence-electron chi connectivity index (χ0n) is 19.2. The van der Waals surface area contributed by atoms with Crippen molar-refractivity contribution < 1.29 is 13.9 Å². The molecule has 3 aromatic rings. The Hall–Kier alpha value is -3.00. The molecule has 0 bridgehead atoms. The number of benzene rings is 2. The van der Waals surface area contributed by atoms with Crippen molar-refractivity contribution in [3.8, 4) is 0 Å². The van der Waals surface area contributed by atoms with Crippen molar-refractivity contribution in [2.45, 2.75) is 6.54 Å². The van der Waals surface area contributed by atoms with E-state index in [2.05, 4.69) is 14.8 Å². The van der Waals surface area contributed by atoms with Crippen LogP contribution in [0.25, 0.3) is 0 Å². The third-order valence-corrected chi connectivity index (χ3v) is 6.12. The van der Waals surface area contributed by atoms with Crippen LogP contribution in [0.4, 0.5) is 15.9 Å². The maximum absolute atomic E-state index is 13.5. The number of likely N-dealkylation sites (N-methyl/N-ethyl adjacent to an activating group) is 1. The standard InChI is InChI=1S/C26H28ClFN4O2/c1-30(12-13-31-14-16-34-17-15-31)25-11-2-20(18-29-25)19-32(24-9-7-23(28)8-10-24)26(33)21-3-5-22(27)6-4-21/h2-11,18H,12-17,19H2,1H3. The molecule has 1 aliphatic rings. The van der Waals surface area contributed by atoms with Gasteiger partial charge in [0.05, 0.1) is 19.8 Å². The van der Waals surface area contributed by atoms with Gasteiger partial charge in [0.15, 0.2) is 0 Å². The van der Waals surface area contributed by atoms with Crippen LogP contribution < -0.4 is 9.80 Å². The second kappa shape index (κ2) is 11.4. The average Bonchev–Trinajstić information content (AvgIpc) is 2.87. The van der Waals surface area contributed by atoms with E-state index in [1.165, 1.54) is 12.1 Å². The minimum absolute atomic E-state index is 0.199. The van der Waals surface area contributed by atoms with Crippen LogP contribution in [0.15, 0.2) is 66.9 Å². The molecule has 1 aliphatic heterocycles. The van der Waals surface area contributed by atoms with Gasteiger partial charge in [-0.05, 0) is 60.2 Å². The van der Waals surface area contributed by atoms with E-state index in [1.807, 2.05) is 19.2 Å². The van der Waals surface area contributed by atoms with Crippen LogP contribution >= 0.6 is 11.6 Å². The van der Waals surface area contributed by atoms with Gasteiger partial charge in [-0.3, -0.25) is 9.69 Å². The number of carbonyl (C=O) groups is 1. The maximum Gasteiger partial charge on any atom is 0.258 e. The molecule has 1 saturated heterocycles. The fourth-order valence-electron chi connectivity index (χ4n) is 3.80. The number of ether oxygens (including phenoxy) is 1. The average molecular weight is 483 g/mol. The Bertz CT molecular complexity index is 1070. The highest BCUT2D eigenvalue weighted by molar-refractivity contribution is 6.30. The van der Waals surface area contributed by atoms with Crippen LogP contribution in [0, 0.1) is 5.82 Å². The normalized spacial score (nSPS) is 14.1. The molecule has 1 aromatic heterocycles. The lowest BCUT2D eigenvalue weighted by Crippen LogP contribution is -2.40. The van der Waals surface area contributed by atoms with E-state index in [-0.39, 0.29) is 11.7 Å². The number of aromatic nitrogens is 1. The lowest BCUT2D eigenvalue weighted by molar-refractivity contribution is 0.0392. The molecule has 4 rings (SSSR count). The highest BCUT2D eigenvalue weighted by atomic mass is 35.5. The number of hydrogen-bond donors (Lipinski definition) is 0. The summed E-state index contributed by atoms with van der Waals surface area (Å²) in [6.07, 6.45) is 1.78.